The third-order valence-electron chi connectivity index (χ3n) is 2.16. The summed E-state index contributed by atoms with van der Waals surface area (Å²) >= 11 is 9.40. The number of hydrogen-bond acceptors (Lipinski definition) is 2. The predicted molar refractivity (Wildman–Crippen MR) is 78.2 cm³/mol. The standard InChI is InChI=1S/C13H17BrClNO2/c1-8-5-9(14)11(6-10(8)15)16-12(17)7-18-13(2,3)4/h5-6H,7H2,1-4H3,(H,16,17). The highest BCUT2D eigenvalue weighted by molar-refractivity contribution is 9.10. The van der Waals surface area contributed by atoms with E-state index in [-0.39, 0.29) is 18.1 Å². The highest BCUT2D eigenvalue weighted by Gasteiger charge is 2.14. The van der Waals surface area contributed by atoms with Crippen LogP contribution in [0.4, 0.5) is 5.69 Å². The number of amides is 1. The SMILES string of the molecule is Cc1cc(Br)c(NC(=O)COC(C)(C)C)cc1Cl. The molecule has 0 atom stereocenters. The summed E-state index contributed by atoms with van der Waals surface area (Å²) in [6.07, 6.45) is 0. The minimum atomic E-state index is -0.334. The van der Waals surface area contributed by atoms with Gasteiger partial charge in [-0.3, -0.25) is 4.79 Å². The van der Waals surface area contributed by atoms with Gasteiger partial charge in [0.1, 0.15) is 6.61 Å². The van der Waals surface area contributed by atoms with Crippen molar-refractivity contribution in [3.8, 4) is 0 Å². The van der Waals surface area contributed by atoms with Crippen LogP contribution in [-0.2, 0) is 9.53 Å². The molecule has 0 heterocycles. The van der Waals surface area contributed by atoms with Crippen LogP contribution in [0.15, 0.2) is 16.6 Å². The van der Waals surface area contributed by atoms with Crippen LogP contribution in [0.2, 0.25) is 5.02 Å². The normalized spacial score (nSPS) is 11.4. The third kappa shape index (κ3) is 4.96. The molecular formula is C13H17BrClNO2. The van der Waals surface area contributed by atoms with E-state index in [2.05, 4.69) is 21.2 Å². The first kappa shape index (κ1) is 15.5. The van der Waals surface area contributed by atoms with E-state index in [0.717, 1.165) is 10.0 Å². The number of halogens is 2. The van der Waals surface area contributed by atoms with Crippen LogP contribution in [0, 0.1) is 6.92 Å². The second-order valence-electron chi connectivity index (χ2n) is 5.03. The van der Waals surface area contributed by atoms with Crippen LogP contribution in [0.25, 0.3) is 0 Å². The first-order valence-corrected chi connectivity index (χ1v) is 6.75. The largest absolute Gasteiger partial charge is 0.366 e. The molecule has 0 spiro atoms. The van der Waals surface area contributed by atoms with Gasteiger partial charge in [0.05, 0.1) is 11.3 Å². The fraction of sp³-hybridized carbons (Fsp3) is 0.462. The maximum absolute atomic E-state index is 11.7. The summed E-state index contributed by atoms with van der Waals surface area (Å²) in [6, 6.07) is 3.58. The molecule has 3 nitrogen and oxygen atoms in total. The van der Waals surface area contributed by atoms with Gasteiger partial charge < -0.3 is 10.1 Å². The molecule has 0 radical (unpaired) electrons. The molecule has 100 valence electrons. The molecule has 0 saturated carbocycles. The van der Waals surface area contributed by atoms with Crippen molar-refractivity contribution < 1.29 is 9.53 Å². The van der Waals surface area contributed by atoms with Crippen LogP contribution < -0.4 is 5.32 Å². The lowest BCUT2D eigenvalue weighted by Gasteiger charge is -2.19. The zero-order chi connectivity index (χ0) is 13.9. The van der Waals surface area contributed by atoms with Crippen LogP contribution in [0.1, 0.15) is 26.3 Å². The maximum Gasteiger partial charge on any atom is 0.250 e. The maximum atomic E-state index is 11.7. The number of anilines is 1. The van der Waals surface area contributed by atoms with E-state index in [0.29, 0.717) is 10.7 Å². The van der Waals surface area contributed by atoms with Crippen molar-refractivity contribution >= 4 is 39.1 Å². The van der Waals surface area contributed by atoms with Gasteiger partial charge in [0.2, 0.25) is 5.91 Å². The van der Waals surface area contributed by atoms with Crippen LogP contribution in [-0.4, -0.2) is 18.1 Å². The smallest absolute Gasteiger partial charge is 0.250 e. The summed E-state index contributed by atoms with van der Waals surface area (Å²) in [5, 5.41) is 3.37. The van der Waals surface area contributed by atoms with E-state index in [1.54, 1.807) is 6.07 Å². The van der Waals surface area contributed by atoms with E-state index in [1.807, 2.05) is 33.8 Å². The van der Waals surface area contributed by atoms with E-state index in [1.165, 1.54) is 0 Å². The molecule has 0 fully saturated rings. The molecule has 1 N–H and O–H groups in total. The summed E-state index contributed by atoms with van der Waals surface area (Å²) in [5.74, 6) is -0.203. The van der Waals surface area contributed by atoms with Gasteiger partial charge >= 0.3 is 0 Å². The van der Waals surface area contributed by atoms with E-state index < -0.39 is 0 Å². The van der Waals surface area contributed by atoms with E-state index in [9.17, 15) is 4.79 Å². The first-order valence-electron chi connectivity index (χ1n) is 5.58. The number of nitrogens with one attached hydrogen (secondary N) is 1. The Morgan fingerprint density at radius 1 is 1.44 bits per heavy atom. The molecule has 1 aromatic rings. The number of aryl methyl sites for hydroxylation is 1. The number of carbonyl (C=O) groups excluding carboxylic acids is 1. The lowest BCUT2D eigenvalue weighted by molar-refractivity contribution is -0.125. The quantitative estimate of drug-likeness (QED) is 0.901. The molecule has 1 aromatic carbocycles. The van der Waals surface area contributed by atoms with Gasteiger partial charge in [-0.1, -0.05) is 11.6 Å². The van der Waals surface area contributed by atoms with Crippen molar-refractivity contribution in [2.45, 2.75) is 33.3 Å². The van der Waals surface area contributed by atoms with Crippen molar-refractivity contribution in [1.82, 2.24) is 0 Å². The molecule has 0 saturated heterocycles. The van der Waals surface area contributed by atoms with Crippen molar-refractivity contribution in [2.75, 3.05) is 11.9 Å². The zero-order valence-corrected chi connectivity index (χ0v) is 13.3. The number of rotatable bonds is 3. The van der Waals surface area contributed by atoms with Gasteiger partial charge in [-0.25, -0.2) is 0 Å². The summed E-state index contributed by atoms with van der Waals surface area (Å²) in [7, 11) is 0. The van der Waals surface area contributed by atoms with Crippen molar-refractivity contribution in [3.63, 3.8) is 0 Å². The Balaban J connectivity index is 2.68. The topological polar surface area (TPSA) is 38.3 Å². The van der Waals surface area contributed by atoms with Crippen LogP contribution >= 0.6 is 27.5 Å². The number of hydrogen-bond donors (Lipinski definition) is 1. The van der Waals surface area contributed by atoms with Crippen molar-refractivity contribution in [3.05, 3.63) is 27.2 Å². The van der Waals surface area contributed by atoms with Gasteiger partial charge in [-0.05, 0) is 61.3 Å². The monoisotopic (exact) mass is 333 g/mol. The molecule has 1 amide bonds. The van der Waals surface area contributed by atoms with Gasteiger partial charge in [-0.2, -0.15) is 0 Å². The molecule has 5 heteroatoms. The summed E-state index contributed by atoms with van der Waals surface area (Å²) in [6.45, 7) is 7.62. The Kier molecular flexibility index (Phi) is 5.20. The lowest BCUT2D eigenvalue weighted by atomic mass is 10.2. The number of benzene rings is 1. The molecule has 18 heavy (non-hydrogen) atoms. The lowest BCUT2D eigenvalue weighted by Crippen LogP contribution is -2.27. The highest BCUT2D eigenvalue weighted by Crippen LogP contribution is 2.29. The van der Waals surface area contributed by atoms with Gasteiger partial charge in [-0.15, -0.1) is 0 Å². The molecule has 0 aliphatic heterocycles. The molecule has 0 unspecified atom stereocenters. The highest BCUT2D eigenvalue weighted by atomic mass is 79.9. The Hall–Kier alpha value is -0.580. The summed E-state index contributed by atoms with van der Waals surface area (Å²) in [4.78, 5) is 11.7. The minimum Gasteiger partial charge on any atom is -0.366 e. The van der Waals surface area contributed by atoms with Crippen molar-refractivity contribution in [2.24, 2.45) is 0 Å². The summed E-state index contributed by atoms with van der Waals surface area (Å²) in [5.41, 5.74) is 1.26. The molecule has 0 aliphatic rings. The third-order valence-corrected chi connectivity index (χ3v) is 3.22. The molecule has 0 aromatic heterocycles. The molecule has 0 bridgehead atoms. The molecule has 1 rings (SSSR count). The second kappa shape index (κ2) is 6.04. The zero-order valence-electron chi connectivity index (χ0n) is 10.9. The Labute approximate surface area is 121 Å². The number of ether oxygens (including phenoxy) is 1. The van der Waals surface area contributed by atoms with Crippen LogP contribution in [0.3, 0.4) is 0 Å². The predicted octanol–water partition coefficient (Wildman–Crippen LogP) is 4.16. The van der Waals surface area contributed by atoms with Crippen molar-refractivity contribution in [1.29, 1.82) is 0 Å². The number of carbonyl (C=O) groups is 1. The van der Waals surface area contributed by atoms with Gasteiger partial charge in [0.25, 0.3) is 0 Å². The van der Waals surface area contributed by atoms with Gasteiger partial charge in [0, 0.05) is 9.50 Å². The van der Waals surface area contributed by atoms with Gasteiger partial charge in [0.15, 0.2) is 0 Å². The average molecular weight is 335 g/mol. The van der Waals surface area contributed by atoms with E-state index in [4.69, 9.17) is 16.3 Å². The second-order valence-corrected chi connectivity index (χ2v) is 6.29. The minimum absolute atomic E-state index is 0.0153. The Bertz CT molecular complexity index is 455. The van der Waals surface area contributed by atoms with Crippen LogP contribution in [0.5, 0.6) is 0 Å². The van der Waals surface area contributed by atoms with E-state index >= 15 is 0 Å². The molecular weight excluding hydrogens is 318 g/mol. The Morgan fingerprint density at radius 2 is 2.06 bits per heavy atom. The first-order chi connectivity index (χ1) is 8.19. The molecule has 0 aliphatic carbocycles. The Morgan fingerprint density at radius 3 is 2.61 bits per heavy atom. The summed E-state index contributed by atoms with van der Waals surface area (Å²) < 4.78 is 6.20. The fourth-order valence-corrected chi connectivity index (χ4v) is 1.93. The fourth-order valence-electron chi connectivity index (χ4n) is 1.21. The average Bonchev–Trinajstić information content (AvgIpc) is 2.22.